The summed E-state index contributed by atoms with van der Waals surface area (Å²) < 4.78 is 43.8. The molecule has 0 aliphatic rings. The van der Waals surface area contributed by atoms with Crippen LogP contribution < -0.4 is 0 Å². The first-order valence-corrected chi connectivity index (χ1v) is 5.82. The second-order valence-corrected chi connectivity index (χ2v) is 4.12. The van der Waals surface area contributed by atoms with Gasteiger partial charge in [0.25, 0.3) is 0 Å². The molecule has 0 saturated heterocycles. The van der Waals surface area contributed by atoms with E-state index in [1.54, 1.807) is 0 Å². The number of methoxy groups -OCH3 is 1. The van der Waals surface area contributed by atoms with Crippen molar-refractivity contribution < 1.29 is 27.5 Å². The third-order valence-electron chi connectivity index (χ3n) is 2.82. The highest BCUT2D eigenvalue weighted by molar-refractivity contribution is 6.14. The normalized spacial score (nSPS) is 10.3. The lowest BCUT2D eigenvalue weighted by atomic mass is 9.98. The molecule has 0 saturated carbocycles. The maximum absolute atomic E-state index is 13.2. The van der Waals surface area contributed by atoms with E-state index >= 15 is 0 Å². The zero-order chi connectivity index (χ0) is 15.6. The molecular weight excluding hydrogens is 285 g/mol. The van der Waals surface area contributed by atoms with E-state index < -0.39 is 34.8 Å². The first-order chi connectivity index (χ1) is 9.95. The number of benzene rings is 2. The Hall–Kier alpha value is -2.63. The van der Waals surface area contributed by atoms with Gasteiger partial charge in [-0.3, -0.25) is 4.79 Å². The number of ketones is 1. The summed E-state index contributed by atoms with van der Waals surface area (Å²) >= 11 is 0. The van der Waals surface area contributed by atoms with Crippen LogP contribution in [0.25, 0.3) is 0 Å². The Morgan fingerprint density at radius 3 is 2.00 bits per heavy atom. The molecule has 0 heterocycles. The van der Waals surface area contributed by atoms with E-state index in [-0.39, 0.29) is 11.1 Å². The van der Waals surface area contributed by atoms with Crippen LogP contribution in [0.4, 0.5) is 13.2 Å². The largest absolute Gasteiger partial charge is 0.465 e. The van der Waals surface area contributed by atoms with Gasteiger partial charge in [0.2, 0.25) is 0 Å². The molecule has 0 amide bonds. The molecule has 108 valence electrons. The number of halogens is 3. The lowest BCUT2D eigenvalue weighted by molar-refractivity contribution is 0.0597. The topological polar surface area (TPSA) is 43.4 Å². The van der Waals surface area contributed by atoms with E-state index in [0.29, 0.717) is 12.1 Å². The van der Waals surface area contributed by atoms with Crippen molar-refractivity contribution in [2.75, 3.05) is 7.11 Å². The second-order valence-electron chi connectivity index (χ2n) is 4.12. The van der Waals surface area contributed by atoms with Crippen LogP contribution in [0, 0.1) is 17.5 Å². The summed E-state index contributed by atoms with van der Waals surface area (Å²) in [6.45, 7) is 0. The standard InChI is InChI=1S/C15H9F3O3/c1-21-15(20)10-5-3-2-4-9(10)14(19)8-6-11(16)13(18)12(17)7-8/h2-7H,1H3. The molecule has 2 aromatic carbocycles. The molecule has 0 atom stereocenters. The zero-order valence-electron chi connectivity index (χ0n) is 10.8. The predicted octanol–water partition coefficient (Wildman–Crippen LogP) is 3.12. The Kier molecular flexibility index (Phi) is 4.07. The molecule has 0 fully saturated rings. The van der Waals surface area contributed by atoms with Crippen LogP contribution in [-0.4, -0.2) is 18.9 Å². The summed E-state index contributed by atoms with van der Waals surface area (Å²) in [5.41, 5.74) is -0.535. The van der Waals surface area contributed by atoms with Crippen molar-refractivity contribution >= 4 is 11.8 Å². The van der Waals surface area contributed by atoms with E-state index in [4.69, 9.17) is 0 Å². The Balaban J connectivity index is 2.53. The molecule has 2 aromatic rings. The van der Waals surface area contributed by atoms with Gasteiger partial charge >= 0.3 is 5.97 Å². The minimum Gasteiger partial charge on any atom is -0.465 e. The number of carbonyl (C=O) groups excluding carboxylic acids is 2. The van der Waals surface area contributed by atoms with Crippen LogP contribution in [0.1, 0.15) is 26.3 Å². The summed E-state index contributed by atoms with van der Waals surface area (Å²) in [4.78, 5) is 23.8. The molecule has 0 aromatic heterocycles. The number of carbonyl (C=O) groups is 2. The van der Waals surface area contributed by atoms with Crippen LogP contribution in [0.3, 0.4) is 0 Å². The molecule has 21 heavy (non-hydrogen) atoms. The number of hydrogen-bond acceptors (Lipinski definition) is 3. The zero-order valence-corrected chi connectivity index (χ0v) is 10.8. The van der Waals surface area contributed by atoms with Gasteiger partial charge in [0.15, 0.2) is 23.2 Å². The Morgan fingerprint density at radius 2 is 1.48 bits per heavy atom. The third kappa shape index (κ3) is 2.79. The molecule has 0 N–H and O–H groups in total. The van der Waals surface area contributed by atoms with Gasteiger partial charge in [-0.1, -0.05) is 18.2 Å². The van der Waals surface area contributed by atoms with Gasteiger partial charge in [0, 0.05) is 11.1 Å². The molecule has 0 aliphatic carbocycles. The van der Waals surface area contributed by atoms with Crippen molar-refractivity contribution in [2.45, 2.75) is 0 Å². The molecule has 0 spiro atoms. The summed E-state index contributed by atoms with van der Waals surface area (Å²) in [6.07, 6.45) is 0. The first-order valence-electron chi connectivity index (χ1n) is 5.82. The van der Waals surface area contributed by atoms with E-state index in [1.165, 1.54) is 24.3 Å². The van der Waals surface area contributed by atoms with Crippen LogP contribution in [0.2, 0.25) is 0 Å². The van der Waals surface area contributed by atoms with E-state index in [0.717, 1.165) is 7.11 Å². The van der Waals surface area contributed by atoms with Crippen LogP contribution >= 0.6 is 0 Å². The fourth-order valence-electron chi connectivity index (χ4n) is 1.81. The predicted molar refractivity (Wildman–Crippen MR) is 67.5 cm³/mol. The van der Waals surface area contributed by atoms with E-state index in [1.807, 2.05) is 0 Å². The highest BCUT2D eigenvalue weighted by atomic mass is 19.2. The summed E-state index contributed by atoms with van der Waals surface area (Å²) in [5.74, 6) is -6.19. The van der Waals surface area contributed by atoms with Crippen molar-refractivity contribution in [3.8, 4) is 0 Å². The summed E-state index contributed by atoms with van der Waals surface area (Å²) in [5, 5.41) is 0. The molecule has 3 nitrogen and oxygen atoms in total. The van der Waals surface area contributed by atoms with Crippen molar-refractivity contribution in [3.05, 3.63) is 70.5 Å². The maximum Gasteiger partial charge on any atom is 0.338 e. The highest BCUT2D eigenvalue weighted by Gasteiger charge is 2.21. The van der Waals surface area contributed by atoms with Gasteiger partial charge in [0.1, 0.15) is 0 Å². The highest BCUT2D eigenvalue weighted by Crippen LogP contribution is 2.19. The van der Waals surface area contributed by atoms with Gasteiger partial charge in [-0.2, -0.15) is 0 Å². The Bertz CT molecular complexity index is 703. The first kappa shape index (κ1) is 14.8. The minimum atomic E-state index is -1.66. The summed E-state index contributed by atoms with van der Waals surface area (Å²) in [7, 11) is 1.14. The lowest BCUT2D eigenvalue weighted by Crippen LogP contribution is -2.12. The van der Waals surface area contributed by atoms with E-state index in [9.17, 15) is 22.8 Å². The smallest absolute Gasteiger partial charge is 0.338 e. The quantitative estimate of drug-likeness (QED) is 0.496. The van der Waals surface area contributed by atoms with Gasteiger partial charge in [-0.15, -0.1) is 0 Å². The summed E-state index contributed by atoms with van der Waals surface area (Å²) in [6, 6.07) is 6.80. The average Bonchev–Trinajstić information content (AvgIpc) is 2.50. The lowest BCUT2D eigenvalue weighted by Gasteiger charge is -2.07. The molecule has 0 radical (unpaired) electrons. The van der Waals surface area contributed by atoms with Crippen molar-refractivity contribution in [3.63, 3.8) is 0 Å². The molecule has 0 bridgehead atoms. The van der Waals surface area contributed by atoms with Crippen molar-refractivity contribution in [1.29, 1.82) is 0 Å². The molecule has 6 heteroatoms. The van der Waals surface area contributed by atoms with Gasteiger partial charge < -0.3 is 4.74 Å². The Morgan fingerprint density at radius 1 is 0.952 bits per heavy atom. The molecule has 0 aliphatic heterocycles. The number of ether oxygens (including phenoxy) is 1. The van der Waals surface area contributed by atoms with Crippen molar-refractivity contribution in [2.24, 2.45) is 0 Å². The number of esters is 1. The van der Waals surface area contributed by atoms with Gasteiger partial charge in [-0.05, 0) is 18.2 Å². The minimum absolute atomic E-state index is 0.0462. The fraction of sp³-hybridized carbons (Fsp3) is 0.0667. The fourth-order valence-corrected chi connectivity index (χ4v) is 1.81. The average molecular weight is 294 g/mol. The maximum atomic E-state index is 13.2. The molecule has 2 rings (SSSR count). The van der Waals surface area contributed by atoms with Gasteiger partial charge in [0.05, 0.1) is 12.7 Å². The van der Waals surface area contributed by atoms with E-state index in [2.05, 4.69) is 4.74 Å². The molecular formula is C15H9F3O3. The SMILES string of the molecule is COC(=O)c1ccccc1C(=O)c1cc(F)c(F)c(F)c1. The van der Waals surface area contributed by atoms with Crippen molar-refractivity contribution in [1.82, 2.24) is 0 Å². The molecule has 0 unspecified atom stereocenters. The van der Waals surface area contributed by atoms with Crippen LogP contribution in [-0.2, 0) is 4.74 Å². The monoisotopic (exact) mass is 294 g/mol. The Labute approximate surface area is 118 Å². The third-order valence-corrected chi connectivity index (χ3v) is 2.82. The van der Waals surface area contributed by atoms with Crippen LogP contribution in [0.15, 0.2) is 36.4 Å². The number of rotatable bonds is 3. The second kappa shape index (κ2) is 5.78. The number of hydrogen-bond donors (Lipinski definition) is 0. The van der Waals surface area contributed by atoms with Crippen LogP contribution in [0.5, 0.6) is 0 Å². The van der Waals surface area contributed by atoms with Gasteiger partial charge in [-0.25, -0.2) is 18.0 Å².